The van der Waals surface area contributed by atoms with Gasteiger partial charge in [0.05, 0.1) is 11.4 Å². The van der Waals surface area contributed by atoms with E-state index < -0.39 is 0 Å². The minimum absolute atomic E-state index is 0.776. The zero-order valence-electron chi connectivity index (χ0n) is 24.4. The van der Waals surface area contributed by atoms with Crippen molar-refractivity contribution in [1.29, 1.82) is 0 Å². The number of nitrogens with zero attached hydrogens (tertiary/aromatic N) is 1. The van der Waals surface area contributed by atoms with Gasteiger partial charge in [-0.05, 0) is 65.1 Å². The second-order valence-electron chi connectivity index (χ2n) is 11.5. The first-order valence-electron chi connectivity index (χ1n) is 15.3. The molecule has 3 heterocycles. The first kappa shape index (κ1) is 25.9. The van der Waals surface area contributed by atoms with Crippen molar-refractivity contribution >= 4 is 70.4 Å². The van der Waals surface area contributed by atoms with E-state index in [9.17, 15) is 0 Å². The maximum absolute atomic E-state index is 6.51. The summed E-state index contributed by atoms with van der Waals surface area (Å²) >= 11 is 1.84. The largest absolute Gasteiger partial charge is 0.456 e. The SMILES string of the molecule is C1=C(c2ccccc2)CC=C(c2cccc3sc4ccccc4c23)N=C1c1cc(-c2ccccc2)cc2oc3ccccc3c12. The van der Waals surface area contributed by atoms with Crippen LogP contribution in [0.15, 0.2) is 161 Å². The molecular weight excluding hydrogens is 567 g/mol. The van der Waals surface area contributed by atoms with E-state index in [1.54, 1.807) is 0 Å². The monoisotopic (exact) mass is 593 g/mol. The summed E-state index contributed by atoms with van der Waals surface area (Å²) in [6, 6.07) is 49.3. The van der Waals surface area contributed by atoms with E-state index in [0.717, 1.165) is 62.0 Å². The molecule has 8 aromatic rings. The van der Waals surface area contributed by atoms with E-state index in [1.165, 1.54) is 31.3 Å². The molecule has 0 fully saturated rings. The van der Waals surface area contributed by atoms with Gasteiger partial charge < -0.3 is 4.42 Å². The number of hydrogen-bond acceptors (Lipinski definition) is 3. The molecule has 0 radical (unpaired) electrons. The van der Waals surface area contributed by atoms with E-state index in [4.69, 9.17) is 9.41 Å². The second-order valence-corrected chi connectivity index (χ2v) is 12.5. The van der Waals surface area contributed by atoms with E-state index in [2.05, 4.69) is 146 Å². The van der Waals surface area contributed by atoms with E-state index >= 15 is 0 Å². The number of fused-ring (bicyclic) bond motifs is 6. The Kier molecular flexibility index (Phi) is 6.10. The maximum atomic E-state index is 6.51. The minimum Gasteiger partial charge on any atom is -0.456 e. The predicted molar refractivity (Wildman–Crippen MR) is 192 cm³/mol. The Balaban J connectivity index is 1.35. The third kappa shape index (κ3) is 4.44. The summed E-state index contributed by atoms with van der Waals surface area (Å²) < 4.78 is 9.08. The van der Waals surface area contributed by atoms with Crippen LogP contribution in [0.3, 0.4) is 0 Å². The van der Waals surface area contributed by atoms with Gasteiger partial charge in [-0.2, -0.15) is 0 Å². The molecular formula is C42H27NOS. The molecule has 0 spiro atoms. The van der Waals surface area contributed by atoms with Crippen LogP contribution in [0.5, 0.6) is 0 Å². The Labute approximate surface area is 264 Å². The highest BCUT2D eigenvalue weighted by molar-refractivity contribution is 7.25. The first-order valence-corrected chi connectivity index (χ1v) is 16.1. The Morgan fingerprint density at radius 2 is 1.24 bits per heavy atom. The van der Waals surface area contributed by atoms with Gasteiger partial charge in [0.25, 0.3) is 0 Å². The van der Waals surface area contributed by atoms with Crippen molar-refractivity contribution in [2.24, 2.45) is 4.99 Å². The molecule has 9 rings (SSSR count). The van der Waals surface area contributed by atoms with Crippen molar-refractivity contribution in [3.63, 3.8) is 0 Å². The number of rotatable bonds is 4. The topological polar surface area (TPSA) is 25.5 Å². The third-order valence-electron chi connectivity index (χ3n) is 8.75. The predicted octanol–water partition coefficient (Wildman–Crippen LogP) is 11.9. The summed E-state index contributed by atoms with van der Waals surface area (Å²) in [5.41, 5.74) is 10.6. The molecule has 0 saturated heterocycles. The van der Waals surface area contributed by atoms with Crippen LogP contribution >= 0.6 is 11.3 Å². The summed E-state index contributed by atoms with van der Waals surface area (Å²) in [7, 11) is 0. The normalized spacial score (nSPS) is 13.6. The van der Waals surface area contributed by atoms with Crippen molar-refractivity contribution in [2.45, 2.75) is 6.42 Å². The smallest absolute Gasteiger partial charge is 0.136 e. The number of hydrogen-bond donors (Lipinski definition) is 0. The van der Waals surface area contributed by atoms with Crippen molar-refractivity contribution in [3.8, 4) is 11.1 Å². The van der Waals surface area contributed by atoms with Crippen LogP contribution in [0.4, 0.5) is 0 Å². The van der Waals surface area contributed by atoms with Crippen LogP contribution in [-0.2, 0) is 0 Å². The van der Waals surface area contributed by atoms with Crippen molar-refractivity contribution < 1.29 is 4.42 Å². The lowest BCUT2D eigenvalue weighted by molar-refractivity contribution is 0.669. The number of thiophene rings is 1. The van der Waals surface area contributed by atoms with Gasteiger partial charge in [-0.1, -0.05) is 115 Å². The zero-order chi connectivity index (χ0) is 29.7. The lowest BCUT2D eigenvalue weighted by Gasteiger charge is -2.11. The van der Waals surface area contributed by atoms with Crippen LogP contribution in [0.1, 0.15) is 23.1 Å². The van der Waals surface area contributed by atoms with Gasteiger partial charge in [0.1, 0.15) is 11.2 Å². The quantitative estimate of drug-likeness (QED) is 0.199. The molecule has 1 aliphatic rings. The van der Waals surface area contributed by atoms with E-state index in [1.807, 2.05) is 17.4 Å². The van der Waals surface area contributed by atoms with Gasteiger partial charge in [-0.15, -0.1) is 11.3 Å². The van der Waals surface area contributed by atoms with E-state index in [-0.39, 0.29) is 0 Å². The fraction of sp³-hybridized carbons (Fsp3) is 0.0238. The maximum Gasteiger partial charge on any atom is 0.136 e. The third-order valence-corrected chi connectivity index (χ3v) is 9.89. The molecule has 0 saturated carbocycles. The molecule has 45 heavy (non-hydrogen) atoms. The van der Waals surface area contributed by atoms with Crippen LogP contribution in [0.2, 0.25) is 0 Å². The van der Waals surface area contributed by atoms with Gasteiger partial charge in [0, 0.05) is 42.1 Å². The van der Waals surface area contributed by atoms with Gasteiger partial charge in [0.2, 0.25) is 0 Å². The van der Waals surface area contributed by atoms with E-state index in [0.29, 0.717) is 0 Å². The fourth-order valence-electron chi connectivity index (χ4n) is 6.64. The highest BCUT2D eigenvalue weighted by Gasteiger charge is 2.21. The lowest BCUT2D eigenvalue weighted by Crippen LogP contribution is -2.00. The summed E-state index contributed by atoms with van der Waals surface area (Å²) in [6.07, 6.45) is 5.37. The Hall–Kier alpha value is -5.51. The zero-order valence-corrected chi connectivity index (χ0v) is 25.2. The Bertz CT molecular complexity index is 2490. The molecule has 0 N–H and O–H groups in total. The number of benzene rings is 6. The standard InChI is InChI=1S/C42H27NOS/c1-3-12-27(13-4-1)29-22-23-35(31-18-11-21-40-42(31)33-17-8-10-20-39(33)45-40)43-36(25-29)34-24-30(28-14-5-2-6-15-28)26-38-41(34)32-16-7-9-19-37(32)44-38/h1-21,23-26H,22H2. The molecule has 0 atom stereocenters. The van der Waals surface area contributed by atoms with Gasteiger partial charge in [-0.25, -0.2) is 4.99 Å². The van der Waals surface area contributed by atoms with Gasteiger partial charge in [0.15, 0.2) is 0 Å². The number of para-hydroxylation sites is 1. The molecule has 2 nitrogen and oxygen atoms in total. The van der Waals surface area contributed by atoms with Gasteiger partial charge >= 0.3 is 0 Å². The minimum atomic E-state index is 0.776. The highest BCUT2D eigenvalue weighted by Crippen LogP contribution is 2.41. The van der Waals surface area contributed by atoms with Crippen LogP contribution in [0, 0.1) is 0 Å². The summed E-state index contributed by atoms with van der Waals surface area (Å²) in [5, 5.41) is 4.74. The average molecular weight is 594 g/mol. The van der Waals surface area contributed by atoms with Crippen molar-refractivity contribution in [2.75, 3.05) is 0 Å². The lowest BCUT2D eigenvalue weighted by atomic mass is 9.94. The summed E-state index contributed by atoms with van der Waals surface area (Å²) in [4.78, 5) is 5.56. The molecule has 1 aliphatic heterocycles. The molecule has 0 amide bonds. The van der Waals surface area contributed by atoms with Crippen LogP contribution < -0.4 is 0 Å². The van der Waals surface area contributed by atoms with Crippen molar-refractivity contribution in [3.05, 3.63) is 168 Å². The molecule has 0 unspecified atom stereocenters. The number of allylic oxidation sites excluding steroid dienone is 3. The average Bonchev–Trinajstić information content (AvgIpc) is 3.59. The number of furan rings is 1. The fourth-order valence-corrected chi connectivity index (χ4v) is 7.77. The molecule has 6 aromatic carbocycles. The molecule has 2 aromatic heterocycles. The van der Waals surface area contributed by atoms with Gasteiger partial charge in [-0.3, -0.25) is 0 Å². The Morgan fingerprint density at radius 3 is 2.09 bits per heavy atom. The number of aliphatic imine (C=N–C) groups is 1. The van der Waals surface area contributed by atoms with Crippen LogP contribution in [-0.4, -0.2) is 5.71 Å². The Morgan fingerprint density at radius 1 is 0.533 bits per heavy atom. The molecule has 212 valence electrons. The molecule has 3 heteroatoms. The second kappa shape index (κ2) is 10.6. The molecule has 0 bridgehead atoms. The summed E-state index contributed by atoms with van der Waals surface area (Å²) in [6.45, 7) is 0. The molecule has 0 aliphatic carbocycles. The highest BCUT2D eigenvalue weighted by atomic mass is 32.1. The van der Waals surface area contributed by atoms with Crippen LogP contribution in [0.25, 0.3) is 64.5 Å². The first-order chi connectivity index (χ1) is 22.3. The summed E-state index contributed by atoms with van der Waals surface area (Å²) in [5.74, 6) is 0. The van der Waals surface area contributed by atoms with Crippen molar-refractivity contribution in [1.82, 2.24) is 0 Å².